The highest BCUT2D eigenvalue weighted by Crippen LogP contribution is 2.19. The zero-order valence-corrected chi connectivity index (χ0v) is 11.9. The second-order valence-electron chi connectivity index (χ2n) is 4.08. The van der Waals surface area contributed by atoms with Gasteiger partial charge in [0.1, 0.15) is 5.75 Å². The van der Waals surface area contributed by atoms with Crippen molar-refractivity contribution in [3.05, 3.63) is 23.8 Å². The van der Waals surface area contributed by atoms with Crippen LogP contribution in [0.2, 0.25) is 0 Å². The third kappa shape index (κ3) is 5.45. The lowest BCUT2D eigenvalue weighted by Gasteiger charge is -2.08. The van der Waals surface area contributed by atoms with Crippen molar-refractivity contribution in [1.29, 1.82) is 0 Å². The maximum Gasteiger partial charge on any atom is 0.306 e. The van der Waals surface area contributed by atoms with Gasteiger partial charge in [-0.1, -0.05) is 0 Å². The van der Waals surface area contributed by atoms with Crippen molar-refractivity contribution in [3.63, 3.8) is 0 Å². The zero-order valence-electron chi connectivity index (χ0n) is 11.1. The first-order valence-electron chi connectivity index (χ1n) is 6.04. The van der Waals surface area contributed by atoms with Crippen molar-refractivity contribution in [2.75, 3.05) is 18.1 Å². The molecule has 0 amide bonds. The van der Waals surface area contributed by atoms with Crippen molar-refractivity contribution in [1.82, 2.24) is 4.72 Å². The molecule has 0 unspecified atom stereocenters. The van der Waals surface area contributed by atoms with Crippen LogP contribution in [0.4, 0.5) is 5.69 Å². The maximum absolute atomic E-state index is 11.7. The van der Waals surface area contributed by atoms with Gasteiger partial charge in [-0.25, -0.2) is 13.1 Å². The van der Waals surface area contributed by atoms with E-state index in [0.29, 0.717) is 11.3 Å². The van der Waals surface area contributed by atoms with Gasteiger partial charge < -0.3 is 15.6 Å². The van der Waals surface area contributed by atoms with Crippen molar-refractivity contribution < 1.29 is 23.1 Å². The van der Waals surface area contributed by atoms with Gasteiger partial charge in [0.15, 0.2) is 0 Å². The molecular formula is C12H18N2O5S. The number of sulfonamides is 1. The third-order valence-corrected chi connectivity index (χ3v) is 3.79. The number of esters is 1. The SMILES string of the molecule is CCOC(=O)CCS(=O)(=O)NCc1cc(N)ccc1O. The van der Waals surface area contributed by atoms with Crippen LogP contribution in [0.25, 0.3) is 0 Å². The first-order chi connectivity index (χ1) is 9.34. The predicted molar refractivity (Wildman–Crippen MR) is 74.4 cm³/mol. The molecule has 1 aromatic carbocycles. The van der Waals surface area contributed by atoms with Crippen LogP contribution >= 0.6 is 0 Å². The Morgan fingerprint density at radius 2 is 2.15 bits per heavy atom. The number of hydrogen-bond acceptors (Lipinski definition) is 6. The number of rotatable bonds is 7. The third-order valence-electron chi connectivity index (χ3n) is 2.47. The van der Waals surface area contributed by atoms with Gasteiger partial charge in [-0.05, 0) is 25.1 Å². The molecule has 0 aliphatic heterocycles. The number of aromatic hydroxyl groups is 1. The molecule has 20 heavy (non-hydrogen) atoms. The second-order valence-corrected chi connectivity index (χ2v) is 6.01. The predicted octanol–water partition coefficient (Wildman–Crippen LogP) is 0.347. The molecule has 8 heteroatoms. The molecular weight excluding hydrogens is 284 g/mol. The average Bonchev–Trinajstić information content (AvgIpc) is 2.38. The van der Waals surface area contributed by atoms with E-state index in [1.54, 1.807) is 6.92 Å². The average molecular weight is 302 g/mol. The summed E-state index contributed by atoms with van der Waals surface area (Å²) in [4.78, 5) is 11.1. The quantitative estimate of drug-likeness (QED) is 0.380. The molecule has 112 valence electrons. The smallest absolute Gasteiger partial charge is 0.306 e. The minimum absolute atomic E-state index is 0.0488. The summed E-state index contributed by atoms with van der Waals surface area (Å²) in [5.74, 6) is -0.980. The Morgan fingerprint density at radius 3 is 2.80 bits per heavy atom. The molecule has 1 rings (SSSR count). The van der Waals surface area contributed by atoms with E-state index in [9.17, 15) is 18.3 Å². The first-order valence-corrected chi connectivity index (χ1v) is 7.69. The molecule has 0 saturated heterocycles. The monoisotopic (exact) mass is 302 g/mol. The van der Waals surface area contributed by atoms with Gasteiger partial charge in [0, 0.05) is 17.8 Å². The van der Waals surface area contributed by atoms with E-state index in [0.717, 1.165) is 0 Å². The topological polar surface area (TPSA) is 119 Å². The van der Waals surface area contributed by atoms with Gasteiger partial charge in [-0.3, -0.25) is 4.79 Å². The number of ether oxygens (including phenoxy) is 1. The van der Waals surface area contributed by atoms with Crippen LogP contribution in [0.1, 0.15) is 18.9 Å². The molecule has 0 aliphatic rings. The summed E-state index contributed by atoms with van der Waals surface area (Å²) >= 11 is 0. The van der Waals surface area contributed by atoms with Crippen LogP contribution in [0.5, 0.6) is 5.75 Å². The summed E-state index contributed by atoms with van der Waals surface area (Å²) in [6, 6.07) is 4.37. The minimum atomic E-state index is -3.63. The zero-order chi connectivity index (χ0) is 15.2. The van der Waals surface area contributed by atoms with Gasteiger partial charge in [0.05, 0.1) is 18.8 Å². The summed E-state index contributed by atoms with van der Waals surface area (Å²) in [7, 11) is -3.63. The Balaban J connectivity index is 2.55. The molecule has 0 bridgehead atoms. The molecule has 4 N–H and O–H groups in total. The summed E-state index contributed by atoms with van der Waals surface area (Å²) in [6.07, 6.45) is -0.216. The van der Waals surface area contributed by atoms with Crippen LogP contribution in [0.15, 0.2) is 18.2 Å². The molecule has 0 saturated carbocycles. The summed E-state index contributed by atoms with van der Waals surface area (Å²) in [6.45, 7) is 1.76. The Kier molecular flexibility index (Phi) is 5.78. The number of nitrogens with one attached hydrogen (secondary N) is 1. The van der Waals surface area contributed by atoms with Gasteiger partial charge in [-0.15, -0.1) is 0 Å². The van der Waals surface area contributed by atoms with Crippen LogP contribution < -0.4 is 10.5 Å². The van der Waals surface area contributed by atoms with E-state index in [-0.39, 0.29) is 31.1 Å². The van der Waals surface area contributed by atoms with E-state index in [4.69, 9.17) is 5.73 Å². The Bertz CT molecular complexity index is 571. The molecule has 7 nitrogen and oxygen atoms in total. The number of nitrogen functional groups attached to an aromatic ring is 1. The number of carbonyl (C=O) groups excluding carboxylic acids is 1. The number of phenolic OH excluding ortho intramolecular Hbond substituents is 1. The molecule has 1 aromatic rings. The van der Waals surface area contributed by atoms with Gasteiger partial charge >= 0.3 is 5.97 Å². The van der Waals surface area contributed by atoms with Crippen LogP contribution in [0.3, 0.4) is 0 Å². The molecule has 0 atom stereocenters. The van der Waals surface area contributed by atoms with Crippen LogP contribution in [0, 0.1) is 0 Å². The van der Waals surface area contributed by atoms with E-state index < -0.39 is 16.0 Å². The number of carbonyl (C=O) groups is 1. The van der Waals surface area contributed by atoms with Crippen molar-refractivity contribution in [2.45, 2.75) is 19.9 Å². The number of anilines is 1. The van der Waals surface area contributed by atoms with Gasteiger partial charge in [0.25, 0.3) is 0 Å². The Labute approximate surface area is 117 Å². The summed E-state index contributed by atoms with van der Waals surface area (Å²) in [5, 5.41) is 9.56. The highest BCUT2D eigenvalue weighted by molar-refractivity contribution is 7.89. The van der Waals surface area contributed by atoms with E-state index >= 15 is 0 Å². The number of benzene rings is 1. The molecule has 0 aliphatic carbocycles. The van der Waals surface area contributed by atoms with Crippen molar-refractivity contribution in [3.8, 4) is 5.75 Å². The first kappa shape index (κ1) is 16.3. The molecule has 0 heterocycles. The molecule has 0 radical (unpaired) electrons. The lowest BCUT2D eigenvalue weighted by molar-refractivity contribution is -0.142. The normalized spacial score (nSPS) is 11.2. The van der Waals surface area contributed by atoms with E-state index in [1.807, 2.05) is 0 Å². The highest BCUT2D eigenvalue weighted by atomic mass is 32.2. The summed E-state index contributed by atoms with van der Waals surface area (Å²) < 4.78 is 30.3. The van der Waals surface area contributed by atoms with E-state index in [1.165, 1.54) is 18.2 Å². The van der Waals surface area contributed by atoms with Gasteiger partial charge in [0.2, 0.25) is 10.0 Å². The van der Waals surface area contributed by atoms with Crippen molar-refractivity contribution >= 4 is 21.7 Å². The van der Waals surface area contributed by atoms with Crippen LogP contribution in [-0.2, 0) is 26.1 Å². The lowest BCUT2D eigenvalue weighted by Crippen LogP contribution is -2.27. The Morgan fingerprint density at radius 1 is 1.45 bits per heavy atom. The van der Waals surface area contributed by atoms with Crippen molar-refractivity contribution in [2.24, 2.45) is 0 Å². The molecule has 0 spiro atoms. The second kappa shape index (κ2) is 7.11. The standard InChI is InChI=1S/C12H18N2O5S/c1-2-19-12(16)5-6-20(17,18)14-8-9-7-10(13)3-4-11(9)15/h3-4,7,14-15H,2,5-6,8,13H2,1H3. The number of nitrogens with two attached hydrogens (primary N) is 1. The Hall–Kier alpha value is -1.80. The fraction of sp³-hybridized carbons (Fsp3) is 0.417. The largest absolute Gasteiger partial charge is 0.508 e. The molecule has 0 fully saturated rings. The number of phenols is 1. The van der Waals surface area contributed by atoms with Gasteiger partial charge in [-0.2, -0.15) is 0 Å². The minimum Gasteiger partial charge on any atom is -0.508 e. The fourth-order valence-corrected chi connectivity index (χ4v) is 2.41. The van der Waals surface area contributed by atoms with E-state index in [2.05, 4.69) is 9.46 Å². The lowest BCUT2D eigenvalue weighted by atomic mass is 10.2. The number of hydrogen-bond donors (Lipinski definition) is 3. The fourth-order valence-electron chi connectivity index (χ4n) is 1.46. The highest BCUT2D eigenvalue weighted by Gasteiger charge is 2.14. The maximum atomic E-state index is 11.7. The summed E-state index contributed by atoms with van der Waals surface area (Å²) in [5.41, 5.74) is 6.33. The van der Waals surface area contributed by atoms with Crippen LogP contribution in [-0.4, -0.2) is 31.9 Å². The molecule has 0 aromatic heterocycles.